The summed E-state index contributed by atoms with van der Waals surface area (Å²) >= 11 is 11.8. The van der Waals surface area contributed by atoms with Gasteiger partial charge in [0.15, 0.2) is 0 Å². The number of benzene rings is 1. The first-order valence-corrected chi connectivity index (χ1v) is 8.09. The molecule has 0 spiro atoms. The Morgan fingerprint density at radius 3 is 2.45 bits per heavy atom. The van der Waals surface area contributed by atoms with Crippen LogP contribution in [0.3, 0.4) is 0 Å². The highest BCUT2D eigenvalue weighted by molar-refractivity contribution is 6.42. The van der Waals surface area contributed by atoms with Gasteiger partial charge in [-0.15, -0.1) is 0 Å². The highest BCUT2D eigenvalue weighted by atomic mass is 35.5. The van der Waals surface area contributed by atoms with E-state index in [-0.39, 0.29) is 6.03 Å². The van der Waals surface area contributed by atoms with E-state index in [4.69, 9.17) is 23.2 Å². The van der Waals surface area contributed by atoms with Crippen molar-refractivity contribution in [3.8, 4) is 0 Å². The molecule has 1 saturated heterocycles. The molecule has 122 valence electrons. The van der Waals surface area contributed by atoms with E-state index in [2.05, 4.69) is 29.2 Å². The Bertz CT molecular complexity index is 516. The highest BCUT2D eigenvalue weighted by Gasteiger charge is 2.21. The molecule has 1 N–H and O–H groups in total. The SMILES string of the molecule is CN(C)CCN1CCN(C(=O)Nc2ccc(Cl)c(Cl)c2)CC1. The minimum atomic E-state index is -0.0920. The number of piperazine rings is 1. The number of nitrogens with one attached hydrogen (secondary N) is 1. The van der Waals surface area contributed by atoms with Crippen LogP contribution in [0.2, 0.25) is 10.0 Å². The highest BCUT2D eigenvalue weighted by Crippen LogP contribution is 2.25. The van der Waals surface area contributed by atoms with Crippen LogP contribution < -0.4 is 5.32 Å². The van der Waals surface area contributed by atoms with Crippen LogP contribution in [0.25, 0.3) is 0 Å². The van der Waals surface area contributed by atoms with Crippen molar-refractivity contribution < 1.29 is 4.79 Å². The number of rotatable bonds is 4. The third-order valence-electron chi connectivity index (χ3n) is 3.69. The molecule has 1 fully saturated rings. The summed E-state index contributed by atoms with van der Waals surface area (Å²) in [5.41, 5.74) is 0.662. The van der Waals surface area contributed by atoms with Gasteiger partial charge in [-0.05, 0) is 32.3 Å². The minimum absolute atomic E-state index is 0.0920. The molecule has 5 nitrogen and oxygen atoms in total. The van der Waals surface area contributed by atoms with E-state index in [9.17, 15) is 4.79 Å². The normalized spacial score (nSPS) is 16.1. The van der Waals surface area contributed by atoms with Crippen LogP contribution in [-0.2, 0) is 0 Å². The van der Waals surface area contributed by atoms with Gasteiger partial charge in [0.25, 0.3) is 0 Å². The van der Waals surface area contributed by atoms with E-state index in [0.717, 1.165) is 39.3 Å². The maximum absolute atomic E-state index is 12.2. The molecular weight excluding hydrogens is 323 g/mol. The van der Waals surface area contributed by atoms with Crippen molar-refractivity contribution in [3.63, 3.8) is 0 Å². The van der Waals surface area contributed by atoms with Crippen LogP contribution in [0.4, 0.5) is 10.5 Å². The van der Waals surface area contributed by atoms with Crippen molar-refractivity contribution in [1.82, 2.24) is 14.7 Å². The Morgan fingerprint density at radius 2 is 1.86 bits per heavy atom. The van der Waals surface area contributed by atoms with E-state index in [1.165, 1.54) is 0 Å². The molecule has 7 heteroatoms. The van der Waals surface area contributed by atoms with Crippen LogP contribution in [-0.4, -0.2) is 74.1 Å². The molecule has 2 rings (SSSR count). The summed E-state index contributed by atoms with van der Waals surface area (Å²) in [5.74, 6) is 0. The number of nitrogens with zero attached hydrogens (tertiary/aromatic N) is 3. The largest absolute Gasteiger partial charge is 0.322 e. The second-order valence-electron chi connectivity index (χ2n) is 5.69. The fraction of sp³-hybridized carbons (Fsp3) is 0.533. The van der Waals surface area contributed by atoms with Crippen LogP contribution in [0.15, 0.2) is 18.2 Å². The fourth-order valence-electron chi connectivity index (χ4n) is 2.29. The Hall–Kier alpha value is -1.01. The standard InChI is InChI=1S/C15H22Cl2N4O/c1-19(2)5-6-20-7-9-21(10-8-20)15(22)18-12-3-4-13(16)14(17)11-12/h3-4,11H,5-10H2,1-2H3,(H,18,22). The molecule has 0 atom stereocenters. The monoisotopic (exact) mass is 344 g/mol. The summed E-state index contributed by atoms with van der Waals surface area (Å²) in [6.45, 7) is 5.36. The zero-order chi connectivity index (χ0) is 16.1. The third kappa shape index (κ3) is 5.02. The minimum Gasteiger partial charge on any atom is -0.322 e. The van der Waals surface area contributed by atoms with Gasteiger partial charge in [-0.2, -0.15) is 0 Å². The molecule has 1 aliphatic rings. The predicted octanol–water partition coefficient (Wildman–Crippen LogP) is 2.70. The second kappa shape index (κ2) is 8.02. The van der Waals surface area contributed by atoms with Gasteiger partial charge in [0, 0.05) is 45.0 Å². The number of anilines is 1. The smallest absolute Gasteiger partial charge is 0.321 e. The number of halogens is 2. The van der Waals surface area contributed by atoms with Crippen molar-refractivity contribution >= 4 is 34.9 Å². The lowest BCUT2D eigenvalue weighted by atomic mass is 10.3. The number of amides is 2. The molecule has 0 radical (unpaired) electrons. The second-order valence-corrected chi connectivity index (χ2v) is 6.51. The average Bonchev–Trinajstić information content (AvgIpc) is 2.49. The van der Waals surface area contributed by atoms with Crippen molar-refractivity contribution in [2.45, 2.75) is 0 Å². The van der Waals surface area contributed by atoms with Crippen molar-refractivity contribution in [1.29, 1.82) is 0 Å². The summed E-state index contributed by atoms with van der Waals surface area (Å²) in [4.78, 5) is 18.6. The molecule has 22 heavy (non-hydrogen) atoms. The maximum Gasteiger partial charge on any atom is 0.321 e. The van der Waals surface area contributed by atoms with Crippen molar-refractivity contribution in [3.05, 3.63) is 28.2 Å². The van der Waals surface area contributed by atoms with Gasteiger partial charge in [-0.25, -0.2) is 4.79 Å². The Kier molecular flexibility index (Phi) is 6.32. The average molecular weight is 345 g/mol. The molecule has 0 unspecified atom stereocenters. The summed E-state index contributed by atoms with van der Waals surface area (Å²) in [7, 11) is 4.14. The van der Waals surface area contributed by atoms with Gasteiger partial charge in [0.05, 0.1) is 10.0 Å². The molecule has 1 aliphatic heterocycles. The first-order valence-electron chi connectivity index (χ1n) is 7.34. The van der Waals surface area contributed by atoms with Crippen LogP contribution in [0.5, 0.6) is 0 Å². The first kappa shape index (κ1) is 17.3. The van der Waals surface area contributed by atoms with Crippen LogP contribution in [0.1, 0.15) is 0 Å². The molecule has 1 aromatic carbocycles. The summed E-state index contributed by atoms with van der Waals surface area (Å²) in [5, 5.41) is 3.78. The molecule has 2 amide bonds. The van der Waals surface area contributed by atoms with E-state index < -0.39 is 0 Å². The van der Waals surface area contributed by atoms with Crippen molar-refractivity contribution in [2.24, 2.45) is 0 Å². The van der Waals surface area contributed by atoms with Gasteiger partial charge in [-0.1, -0.05) is 23.2 Å². The lowest BCUT2D eigenvalue weighted by Crippen LogP contribution is -2.51. The Labute approximate surface area is 141 Å². The van der Waals surface area contributed by atoms with Crippen LogP contribution in [0, 0.1) is 0 Å². The first-order chi connectivity index (χ1) is 10.5. The zero-order valence-corrected chi connectivity index (χ0v) is 14.5. The van der Waals surface area contributed by atoms with Gasteiger partial charge in [-0.3, -0.25) is 4.90 Å². The summed E-state index contributed by atoms with van der Waals surface area (Å²) in [6.07, 6.45) is 0. The van der Waals surface area contributed by atoms with E-state index in [1.54, 1.807) is 18.2 Å². The predicted molar refractivity (Wildman–Crippen MR) is 92.0 cm³/mol. The van der Waals surface area contributed by atoms with Gasteiger partial charge < -0.3 is 15.1 Å². The third-order valence-corrected chi connectivity index (χ3v) is 4.43. The molecule has 0 aromatic heterocycles. The van der Waals surface area contributed by atoms with E-state index in [1.807, 2.05) is 4.90 Å². The molecule has 0 saturated carbocycles. The molecule has 0 bridgehead atoms. The van der Waals surface area contributed by atoms with Gasteiger partial charge >= 0.3 is 6.03 Å². The molecular formula is C15H22Cl2N4O. The zero-order valence-electron chi connectivity index (χ0n) is 13.0. The number of urea groups is 1. The Morgan fingerprint density at radius 1 is 1.18 bits per heavy atom. The Balaban J connectivity index is 1.81. The lowest BCUT2D eigenvalue weighted by molar-refractivity contribution is 0.140. The van der Waals surface area contributed by atoms with Crippen LogP contribution >= 0.6 is 23.2 Å². The topological polar surface area (TPSA) is 38.8 Å². The van der Waals surface area contributed by atoms with Gasteiger partial charge in [0.1, 0.15) is 0 Å². The maximum atomic E-state index is 12.2. The number of likely N-dealkylation sites (N-methyl/N-ethyl adjacent to an activating group) is 1. The number of carbonyl (C=O) groups is 1. The van der Waals surface area contributed by atoms with Crippen molar-refractivity contribution in [2.75, 3.05) is 58.7 Å². The summed E-state index contributed by atoms with van der Waals surface area (Å²) < 4.78 is 0. The van der Waals surface area contributed by atoms with E-state index >= 15 is 0 Å². The fourth-order valence-corrected chi connectivity index (χ4v) is 2.59. The lowest BCUT2D eigenvalue weighted by Gasteiger charge is -2.35. The summed E-state index contributed by atoms with van der Waals surface area (Å²) in [6, 6.07) is 5.00. The number of carbonyl (C=O) groups excluding carboxylic acids is 1. The number of hydrogen-bond donors (Lipinski definition) is 1. The molecule has 0 aliphatic carbocycles. The molecule has 1 heterocycles. The quantitative estimate of drug-likeness (QED) is 0.912. The van der Waals surface area contributed by atoms with E-state index in [0.29, 0.717) is 15.7 Å². The number of hydrogen-bond acceptors (Lipinski definition) is 3. The molecule has 1 aromatic rings. The van der Waals surface area contributed by atoms with Gasteiger partial charge in [0.2, 0.25) is 0 Å².